The van der Waals surface area contributed by atoms with E-state index in [9.17, 15) is 9.90 Å². The standard InChI is InChI=1S/C15H20Cl2N2O2/c1-9(19(2)13-3-4-13)8-18-15(21)14(20)10-5-11(16)7-12(17)6-10/h5-7,9,13-14,20H,3-4,8H2,1-2H3,(H,18,21). The molecule has 0 saturated heterocycles. The van der Waals surface area contributed by atoms with E-state index in [0.29, 0.717) is 28.2 Å². The van der Waals surface area contributed by atoms with E-state index in [2.05, 4.69) is 24.2 Å². The predicted molar refractivity (Wildman–Crippen MR) is 84.7 cm³/mol. The van der Waals surface area contributed by atoms with E-state index in [4.69, 9.17) is 23.2 Å². The van der Waals surface area contributed by atoms with Crippen LogP contribution in [0.4, 0.5) is 0 Å². The van der Waals surface area contributed by atoms with Crippen LogP contribution in [0.5, 0.6) is 0 Å². The molecule has 1 aliphatic rings. The summed E-state index contributed by atoms with van der Waals surface area (Å²) in [5.41, 5.74) is 0.396. The van der Waals surface area contributed by atoms with Crippen LogP contribution in [0, 0.1) is 0 Å². The number of aliphatic hydroxyl groups excluding tert-OH is 1. The highest BCUT2D eigenvalue weighted by Crippen LogP contribution is 2.27. The Morgan fingerprint density at radius 2 is 1.95 bits per heavy atom. The molecule has 2 unspecified atom stereocenters. The van der Waals surface area contributed by atoms with Crippen LogP contribution in [0.2, 0.25) is 10.0 Å². The van der Waals surface area contributed by atoms with Gasteiger partial charge < -0.3 is 10.4 Å². The van der Waals surface area contributed by atoms with E-state index in [1.54, 1.807) is 6.07 Å². The number of hydrogen-bond donors (Lipinski definition) is 2. The second kappa shape index (κ2) is 6.97. The average Bonchev–Trinajstić information content (AvgIpc) is 3.26. The highest BCUT2D eigenvalue weighted by molar-refractivity contribution is 6.34. The lowest BCUT2D eigenvalue weighted by atomic mass is 10.1. The summed E-state index contributed by atoms with van der Waals surface area (Å²) < 4.78 is 0. The van der Waals surface area contributed by atoms with Crippen molar-refractivity contribution in [1.29, 1.82) is 0 Å². The van der Waals surface area contributed by atoms with E-state index in [1.807, 2.05) is 0 Å². The van der Waals surface area contributed by atoms with E-state index in [0.717, 1.165) is 0 Å². The van der Waals surface area contributed by atoms with Crippen molar-refractivity contribution in [1.82, 2.24) is 10.2 Å². The van der Waals surface area contributed by atoms with Gasteiger partial charge in [0.25, 0.3) is 5.91 Å². The molecule has 0 bridgehead atoms. The summed E-state index contributed by atoms with van der Waals surface area (Å²) in [5, 5.41) is 13.6. The second-order valence-corrected chi connectivity index (χ2v) is 6.47. The van der Waals surface area contributed by atoms with Gasteiger partial charge in [0, 0.05) is 28.7 Å². The Bertz CT molecular complexity index is 500. The topological polar surface area (TPSA) is 52.6 Å². The molecule has 116 valence electrons. The fourth-order valence-corrected chi connectivity index (χ4v) is 2.76. The molecule has 0 radical (unpaired) electrons. The third kappa shape index (κ3) is 4.58. The average molecular weight is 331 g/mol. The first-order chi connectivity index (χ1) is 9.88. The quantitative estimate of drug-likeness (QED) is 0.843. The maximum absolute atomic E-state index is 12.0. The van der Waals surface area contributed by atoms with Crippen molar-refractivity contribution in [2.45, 2.75) is 38.0 Å². The number of aliphatic hydroxyl groups is 1. The van der Waals surface area contributed by atoms with Gasteiger partial charge in [-0.3, -0.25) is 9.69 Å². The molecule has 1 aromatic rings. The fourth-order valence-electron chi connectivity index (χ4n) is 2.22. The maximum Gasteiger partial charge on any atom is 0.253 e. The van der Waals surface area contributed by atoms with Crippen LogP contribution in [0.15, 0.2) is 18.2 Å². The van der Waals surface area contributed by atoms with Crippen molar-refractivity contribution in [2.24, 2.45) is 0 Å². The van der Waals surface area contributed by atoms with Gasteiger partial charge in [0.2, 0.25) is 0 Å². The Kier molecular flexibility index (Phi) is 5.49. The van der Waals surface area contributed by atoms with Gasteiger partial charge in [-0.15, -0.1) is 0 Å². The zero-order chi connectivity index (χ0) is 15.6. The van der Waals surface area contributed by atoms with Gasteiger partial charge in [-0.2, -0.15) is 0 Å². The largest absolute Gasteiger partial charge is 0.378 e. The van der Waals surface area contributed by atoms with E-state index < -0.39 is 12.0 Å². The molecule has 2 N–H and O–H groups in total. The monoisotopic (exact) mass is 330 g/mol. The molecular weight excluding hydrogens is 311 g/mol. The van der Waals surface area contributed by atoms with Crippen molar-refractivity contribution >= 4 is 29.1 Å². The Labute approximate surface area is 135 Å². The van der Waals surface area contributed by atoms with Gasteiger partial charge in [-0.25, -0.2) is 0 Å². The molecular formula is C15H20Cl2N2O2. The minimum absolute atomic E-state index is 0.233. The van der Waals surface area contributed by atoms with Gasteiger partial charge in [-0.1, -0.05) is 23.2 Å². The smallest absolute Gasteiger partial charge is 0.253 e. The number of benzene rings is 1. The van der Waals surface area contributed by atoms with Crippen molar-refractivity contribution in [3.8, 4) is 0 Å². The highest BCUT2D eigenvalue weighted by Gasteiger charge is 2.29. The van der Waals surface area contributed by atoms with Crippen LogP contribution in [0.3, 0.4) is 0 Å². The van der Waals surface area contributed by atoms with Crippen LogP contribution in [0.1, 0.15) is 31.4 Å². The summed E-state index contributed by atoms with van der Waals surface area (Å²) in [7, 11) is 2.06. The Balaban J connectivity index is 1.89. The number of amides is 1. The molecule has 6 heteroatoms. The Morgan fingerprint density at radius 3 is 2.48 bits per heavy atom. The minimum Gasteiger partial charge on any atom is -0.378 e. The van der Waals surface area contributed by atoms with Gasteiger partial charge in [-0.05, 0) is 50.6 Å². The van der Waals surface area contributed by atoms with Crippen molar-refractivity contribution in [3.63, 3.8) is 0 Å². The van der Waals surface area contributed by atoms with Gasteiger partial charge in [0.05, 0.1) is 0 Å². The van der Waals surface area contributed by atoms with Gasteiger partial charge in [0.15, 0.2) is 6.10 Å². The number of nitrogens with zero attached hydrogens (tertiary/aromatic N) is 1. The van der Waals surface area contributed by atoms with Crippen LogP contribution in [-0.2, 0) is 4.79 Å². The van der Waals surface area contributed by atoms with Crippen molar-refractivity contribution in [2.75, 3.05) is 13.6 Å². The normalized spacial score (nSPS) is 17.6. The van der Waals surface area contributed by atoms with Crippen LogP contribution >= 0.6 is 23.2 Å². The molecule has 1 aromatic carbocycles. The molecule has 21 heavy (non-hydrogen) atoms. The number of halogens is 2. The number of carbonyl (C=O) groups excluding carboxylic acids is 1. The van der Waals surface area contributed by atoms with E-state index in [-0.39, 0.29) is 6.04 Å². The predicted octanol–water partition coefficient (Wildman–Crippen LogP) is 2.63. The molecule has 1 aliphatic carbocycles. The SMILES string of the molecule is CC(CNC(=O)C(O)c1cc(Cl)cc(Cl)c1)N(C)C1CC1. The van der Waals surface area contributed by atoms with E-state index >= 15 is 0 Å². The highest BCUT2D eigenvalue weighted by atomic mass is 35.5. The summed E-state index contributed by atoms with van der Waals surface area (Å²) in [5.74, 6) is -0.440. The lowest BCUT2D eigenvalue weighted by Gasteiger charge is -2.25. The molecule has 0 spiro atoms. The third-order valence-electron chi connectivity index (χ3n) is 3.84. The lowest BCUT2D eigenvalue weighted by molar-refractivity contribution is -0.129. The molecule has 0 aromatic heterocycles. The molecule has 4 nitrogen and oxygen atoms in total. The maximum atomic E-state index is 12.0. The van der Waals surface area contributed by atoms with Crippen LogP contribution in [0.25, 0.3) is 0 Å². The summed E-state index contributed by atoms with van der Waals surface area (Å²) in [4.78, 5) is 14.3. The number of hydrogen-bond acceptors (Lipinski definition) is 3. The summed E-state index contributed by atoms with van der Waals surface area (Å²) in [6.07, 6.45) is 1.18. The summed E-state index contributed by atoms with van der Waals surface area (Å²) in [6, 6.07) is 5.50. The number of carbonyl (C=O) groups is 1. The third-order valence-corrected chi connectivity index (χ3v) is 4.28. The Hall–Kier alpha value is -0.810. The number of nitrogens with one attached hydrogen (secondary N) is 1. The first kappa shape index (κ1) is 16.6. The molecule has 0 heterocycles. The van der Waals surface area contributed by atoms with Gasteiger partial charge >= 0.3 is 0 Å². The van der Waals surface area contributed by atoms with Crippen molar-refractivity contribution in [3.05, 3.63) is 33.8 Å². The second-order valence-electron chi connectivity index (χ2n) is 5.60. The molecule has 1 saturated carbocycles. The Morgan fingerprint density at radius 1 is 1.38 bits per heavy atom. The first-order valence-corrected chi connectivity index (χ1v) is 7.77. The summed E-state index contributed by atoms with van der Waals surface area (Å²) in [6.45, 7) is 2.55. The zero-order valence-electron chi connectivity index (χ0n) is 12.1. The number of rotatable bonds is 6. The molecule has 0 aliphatic heterocycles. The van der Waals surface area contributed by atoms with Gasteiger partial charge in [0.1, 0.15) is 0 Å². The minimum atomic E-state index is -1.26. The zero-order valence-corrected chi connectivity index (χ0v) is 13.7. The van der Waals surface area contributed by atoms with Crippen molar-refractivity contribution < 1.29 is 9.90 Å². The van der Waals surface area contributed by atoms with Crippen LogP contribution in [-0.4, -0.2) is 41.6 Å². The first-order valence-electron chi connectivity index (χ1n) is 7.02. The summed E-state index contributed by atoms with van der Waals surface area (Å²) >= 11 is 11.8. The molecule has 1 amide bonds. The molecule has 1 fully saturated rings. The fraction of sp³-hybridized carbons (Fsp3) is 0.533. The molecule has 2 rings (SSSR count). The molecule has 2 atom stereocenters. The lowest BCUT2D eigenvalue weighted by Crippen LogP contribution is -2.42. The van der Waals surface area contributed by atoms with E-state index in [1.165, 1.54) is 25.0 Å². The van der Waals surface area contributed by atoms with Crippen LogP contribution < -0.4 is 5.32 Å². The number of likely N-dealkylation sites (N-methyl/N-ethyl adjacent to an activating group) is 1.